The molecule has 0 bridgehead atoms. The van der Waals surface area contributed by atoms with Crippen LogP contribution in [0.25, 0.3) is 0 Å². The highest BCUT2D eigenvalue weighted by atomic mass is 15.1. The molecule has 1 aromatic heterocycles. The molecule has 1 aromatic carbocycles. The van der Waals surface area contributed by atoms with Gasteiger partial charge in [0, 0.05) is 6.92 Å². The van der Waals surface area contributed by atoms with Gasteiger partial charge < -0.3 is 0 Å². The van der Waals surface area contributed by atoms with Crippen LogP contribution >= 0.6 is 0 Å². The highest BCUT2D eigenvalue weighted by Crippen LogP contribution is 2.13. The lowest BCUT2D eigenvalue weighted by Gasteiger charge is -2.08. The number of imidazole rings is 1. The summed E-state index contributed by atoms with van der Waals surface area (Å²) in [6, 6.07) is 6.51. The van der Waals surface area contributed by atoms with Crippen molar-refractivity contribution in [3.05, 3.63) is 53.1 Å². The molecule has 17 heavy (non-hydrogen) atoms. The first-order valence-corrected chi connectivity index (χ1v) is 6.23. The standard InChI is InChI=1S/C15H21N2/c1-5-16-9-10-17(14(16)4)11-15-12(2)7-6-8-13(15)3/h6-10H,5,11H2,1-4H3/q+1. The molecular formula is C15H21N2+. The summed E-state index contributed by atoms with van der Waals surface area (Å²) in [5.74, 6) is 1.31. The summed E-state index contributed by atoms with van der Waals surface area (Å²) in [5.41, 5.74) is 4.19. The maximum Gasteiger partial charge on any atom is 0.253 e. The smallest absolute Gasteiger partial charge is 0.235 e. The summed E-state index contributed by atoms with van der Waals surface area (Å²) in [6.07, 6.45) is 4.33. The van der Waals surface area contributed by atoms with Crippen LogP contribution in [0.4, 0.5) is 0 Å². The fourth-order valence-corrected chi connectivity index (χ4v) is 2.31. The van der Waals surface area contributed by atoms with Crippen LogP contribution in [-0.2, 0) is 13.1 Å². The van der Waals surface area contributed by atoms with Crippen LogP contribution in [0.3, 0.4) is 0 Å². The van der Waals surface area contributed by atoms with Gasteiger partial charge in [-0.05, 0) is 37.5 Å². The van der Waals surface area contributed by atoms with Gasteiger partial charge >= 0.3 is 0 Å². The Morgan fingerprint density at radius 3 is 2.29 bits per heavy atom. The largest absolute Gasteiger partial charge is 0.253 e. The SMILES string of the molecule is CCn1cc[n+](Cc2c(C)cccc2C)c1C. The van der Waals surface area contributed by atoms with Gasteiger partial charge in [0.05, 0.1) is 6.54 Å². The normalized spacial score (nSPS) is 10.8. The molecule has 2 rings (SSSR count). The van der Waals surface area contributed by atoms with Crippen molar-refractivity contribution in [2.24, 2.45) is 0 Å². The van der Waals surface area contributed by atoms with Crippen LogP contribution in [0, 0.1) is 20.8 Å². The summed E-state index contributed by atoms with van der Waals surface area (Å²) < 4.78 is 4.59. The second kappa shape index (κ2) is 4.74. The minimum atomic E-state index is 0.970. The monoisotopic (exact) mass is 229 g/mol. The lowest BCUT2D eigenvalue weighted by Crippen LogP contribution is -2.36. The van der Waals surface area contributed by atoms with Gasteiger partial charge in [-0.15, -0.1) is 0 Å². The van der Waals surface area contributed by atoms with E-state index in [4.69, 9.17) is 0 Å². The number of nitrogens with zero attached hydrogens (tertiary/aromatic N) is 2. The quantitative estimate of drug-likeness (QED) is 0.716. The minimum absolute atomic E-state index is 0.970. The second-order valence-electron chi connectivity index (χ2n) is 4.63. The Balaban J connectivity index is 2.35. The molecule has 0 saturated heterocycles. The predicted molar refractivity (Wildman–Crippen MR) is 70.1 cm³/mol. The molecule has 0 aliphatic heterocycles. The van der Waals surface area contributed by atoms with E-state index in [1.54, 1.807) is 0 Å². The Labute approximate surface area is 104 Å². The van der Waals surface area contributed by atoms with E-state index in [2.05, 4.69) is 67.4 Å². The second-order valence-corrected chi connectivity index (χ2v) is 4.63. The molecule has 90 valence electrons. The average molecular weight is 229 g/mol. The lowest BCUT2D eigenvalue weighted by molar-refractivity contribution is -0.694. The Morgan fingerprint density at radius 1 is 1.12 bits per heavy atom. The molecule has 0 fully saturated rings. The maximum absolute atomic E-state index is 2.32. The molecule has 0 saturated carbocycles. The molecule has 0 aliphatic rings. The average Bonchev–Trinajstić information content (AvgIpc) is 2.65. The van der Waals surface area contributed by atoms with Gasteiger partial charge in [-0.1, -0.05) is 18.2 Å². The van der Waals surface area contributed by atoms with Crippen LogP contribution in [0.2, 0.25) is 0 Å². The number of hydrogen-bond donors (Lipinski definition) is 0. The molecule has 1 heterocycles. The van der Waals surface area contributed by atoms with Gasteiger partial charge in [-0.25, -0.2) is 9.13 Å². The first-order chi connectivity index (χ1) is 8.13. The van der Waals surface area contributed by atoms with E-state index in [0.29, 0.717) is 0 Å². The Kier molecular flexibility index (Phi) is 3.32. The summed E-state index contributed by atoms with van der Waals surface area (Å²) in [6.45, 7) is 10.7. The highest BCUT2D eigenvalue weighted by molar-refractivity contribution is 5.32. The molecule has 2 aromatic rings. The highest BCUT2D eigenvalue weighted by Gasteiger charge is 2.13. The van der Waals surface area contributed by atoms with Crippen molar-refractivity contribution in [2.75, 3.05) is 0 Å². The molecule has 0 unspecified atom stereocenters. The van der Waals surface area contributed by atoms with E-state index < -0.39 is 0 Å². The zero-order valence-electron chi connectivity index (χ0n) is 11.2. The molecule has 0 radical (unpaired) electrons. The Hall–Kier alpha value is -1.57. The predicted octanol–water partition coefficient (Wildman–Crippen LogP) is 2.77. The van der Waals surface area contributed by atoms with E-state index in [1.807, 2.05) is 0 Å². The number of rotatable bonds is 3. The number of hydrogen-bond acceptors (Lipinski definition) is 0. The van der Waals surface area contributed by atoms with E-state index in [-0.39, 0.29) is 0 Å². The molecule has 0 N–H and O–H groups in total. The van der Waals surface area contributed by atoms with Gasteiger partial charge in [0.2, 0.25) is 0 Å². The van der Waals surface area contributed by atoms with Crippen molar-refractivity contribution in [1.82, 2.24) is 4.57 Å². The van der Waals surface area contributed by atoms with Crippen LogP contribution in [0.15, 0.2) is 30.6 Å². The van der Waals surface area contributed by atoms with Crippen molar-refractivity contribution in [3.63, 3.8) is 0 Å². The topological polar surface area (TPSA) is 8.81 Å². The van der Waals surface area contributed by atoms with Crippen molar-refractivity contribution in [2.45, 2.75) is 40.8 Å². The van der Waals surface area contributed by atoms with Gasteiger partial charge in [0.25, 0.3) is 5.82 Å². The summed E-state index contributed by atoms with van der Waals surface area (Å²) >= 11 is 0. The lowest BCUT2D eigenvalue weighted by atomic mass is 10.0. The third-order valence-electron chi connectivity index (χ3n) is 3.57. The molecule has 0 atom stereocenters. The number of aryl methyl sites for hydroxylation is 3. The van der Waals surface area contributed by atoms with E-state index in [0.717, 1.165) is 13.1 Å². The molecule has 2 nitrogen and oxygen atoms in total. The van der Waals surface area contributed by atoms with Crippen molar-refractivity contribution in [3.8, 4) is 0 Å². The molecule has 0 amide bonds. The fourth-order valence-electron chi connectivity index (χ4n) is 2.31. The molecule has 0 aliphatic carbocycles. The van der Waals surface area contributed by atoms with E-state index >= 15 is 0 Å². The minimum Gasteiger partial charge on any atom is -0.235 e. The summed E-state index contributed by atoms with van der Waals surface area (Å²) in [4.78, 5) is 0. The van der Waals surface area contributed by atoms with Gasteiger partial charge in [0.1, 0.15) is 18.9 Å². The van der Waals surface area contributed by atoms with Crippen LogP contribution in [0.1, 0.15) is 29.4 Å². The van der Waals surface area contributed by atoms with E-state index in [1.165, 1.54) is 22.5 Å². The van der Waals surface area contributed by atoms with Gasteiger partial charge in [-0.2, -0.15) is 0 Å². The molecule has 0 spiro atoms. The third-order valence-corrected chi connectivity index (χ3v) is 3.57. The number of aromatic nitrogens is 2. The fraction of sp³-hybridized carbons (Fsp3) is 0.400. The first kappa shape index (κ1) is 11.9. The Morgan fingerprint density at radius 2 is 1.76 bits per heavy atom. The van der Waals surface area contributed by atoms with Crippen molar-refractivity contribution < 1.29 is 4.57 Å². The zero-order chi connectivity index (χ0) is 12.4. The van der Waals surface area contributed by atoms with Crippen molar-refractivity contribution in [1.29, 1.82) is 0 Å². The maximum atomic E-state index is 2.32. The first-order valence-electron chi connectivity index (χ1n) is 6.23. The van der Waals surface area contributed by atoms with Crippen molar-refractivity contribution >= 4 is 0 Å². The van der Waals surface area contributed by atoms with E-state index in [9.17, 15) is 0 Å². The van der Waals surface area contributed by atoms with Gasteiger partial charge in [-0.3, -0.25) is 0 Å². The third kappa shape index (κ3) is 2.26. The van der Waals surface area contributed by atoms with Gasteiger partial charge in [0.15, 0.2) is 0 Å². The Bertz CT molecular complexity index is 503. The molecular weight excluding hydrogens is 208 g/mol. The zero-order valence-corrected chi connectivity index (χ0v) is 11.2. The van der Waals surface area contributed by atoms with Crippen LogP contribution in [0.5, 0.6) is 0 Å². The summed E-state index contributed by atoms with van der Waals surface area (Å²) in [7, 11) is 0. The van der Waals surface area contributed by atoms with Crippen LogP contribution in [-0.4, -0.2) is 4.57 Å². The number of benzene rings is 1. The summed E-state index contributed by atoms with van der Waals surface area (Å²) in [5, 5.41) is 0. The molecule has 2 heteroatoms. The van der Waals surface area contributed by atoms with Crippen LogP contribution < -0.4 is 4.57 Å².